The van der Waals surface area contributed by atoms with Gasteiger partial charge in [-0.05, 0) is 13.0 Å². The summed E-state index contributed by atoms with van der Waals surface area (Å²) >= 11 is 0. The number of nitro benzene ring substituents is 1. The minimum atomic E-state index is -4.12. The van der Waals surface area contributed by atoms with Crippen LogP contribution < -0.4 is 5.14 Å². The number of nitrogens with zero attached hydrogens (tertiary/aromatic N) is 2. The SMILES string of the molecule is CCN(C)C(=O)c1cc([N+](=O)[O-])cc(S(N)(=O)=O)c1. The number of sulfonamides is 1. The van der Waals surface area contributed by atoms with Crippen LogP contribution in [0.3, 0.4) is 0 Å². The number of nitro groups is 1. The smallest absolute Gasteiger partial charge is 0.271 e. The van der Waals surface area contributed by atoms with E-state index in [1.165, 1.54) is 11.9 Å². The highest BCUT2D eigenvalue weighted by Crippen LogP contribution is 2.20. The predicted octanol–water partition coefficient (Wildman–Crippen LogP) is 0.334. The molecule has 0 aliphatic heterocycles. The van der Waals surface area contributed by atoms with Crippen LogP contribution in [0.4, 0.5) is 5.69 Å². The summed E-state index contributed by atoms with van der Waals surface area (Å²) in [6.07, 6.45) is 0. The van der Waals surface area contributed by atoms with Crippen molar-refractivity contribution in [2.75, 3.05) is 13.6 Å². The lowest BCUT2D eigenvalue weighted by Gasteiger charge is -2.14. The maximum Gasteiger partial charge on any atom is 0.271 e. The molecule has 0 atom stereocenters. The van der Waals surface area contributed by atoms with Gasteiger partial charge in [-0.15, -0.1) is 0 Å². The maximum absolute atomic E-state index is 11.9. The third-order valence-electron chi connectivity index (χ3n) is 2.50. The van der Waals surface area contributed by atoms with E-state index in [9.17, 15) is 23.3 Å². The quantitative estimate of drug-likeness (QED) is 0.631. The summed E-state index contributed by atoms with van der Waals surface area (Å²) in [4.78, 5) is 22.7. The Morgan fingerprint density at radius 2 is 2.00 bits per heavy atom. The molecule has 0 spiro atoms. The summed E-state index contributed by atoms with van der Waals surface area (Å²) in [5.74, 6) is -0.518. The highest BCUT2D eigenvalue weighted by atomic mass is 32.2. The molecule has 0 aromatic heterocycles. The second-order valence-electron chi connectivity index (χ2n) is 3.84. The number of amides is 1. The lowest BCUT2D eigenvalue weighted by molar-refractivity contribution is -0.385. The molecule has 1 aromatic carbocycles. The Balaban J connectivity index is 3.45. The molecule has 8 nitrogen and oxygen atoms in total. The topological polar surface area (TPSA) is 124 Å². The van der Waals surface area contributed by atoms with Crippen molar-refractivity contribution in [3.63, 3.8) is 0 Å². The summed E-state index contributed by atoms with van der Waals surface area (Å²) < 4.78 is 22.5. The lowest BCUT2D eigenvalue weighted by atomic mass is 10.2. The van der Waals surface area contributed by atoms with Gasteiger partial charge in [0, 0.05) is 31.3 Å². The number of nitrogens with two attached hydrogens (primary N) is 1. The Labute approximate surface area is 110 Å². The van der Waals surface area contributed by atoms with Crippen LogP contribution in [0.5, 0.6) is 0 Å². The maximum atomic E-state index is 11.9. The van der Waals surface area contributed by atoms with Gasteiger partial charge in [0.15, 0.2) is 0 Å². The third kappa shape index (κ3) is 3.48. The molecule has 0 saturated carbocycles. The normalized spacial score (nSPS) is 11.1. The van der Waals surface area contributed by atoms with E-state index in [1.807, 2.05) is 0 Å². The van der Waals surface area contributed by atoms with Gasteiger partial charge in [0.2, 0.25) is 10.0 Å². The van der Waals surface area contributed by atoms with Crippen LogP contribution in [-0.4, -0.2) is 37.7 Å². The second-order valence-corrected chi connectivity index (χ2v) is 5.40. The van der Waals surface area contributed by atoms with Gasteiger partial charge < -0.3 is 4.90 Å². The van der Waals surface area contributed by atoms with Crippen molar-refractivity contribution in [1.29, 1.82) is 0 Å². The van der Waals surface area contributed by atoms with Gasteiger partial charge in [0.1, 0.15) is 0 Å². The predicted molar refractivity (Wildman–Crippen MR) is 67.1 cm³/mol. The minimum Gasteiger partial charge on any atom is -0.342 e. The molecule has 0 radical (unpaired) electrons. The van der Waals surface area contributed by atoms with Crippen molar-refractivity contribution in [3.8, 4) is 0 Å². The summed E-state index contributed by atoms with van der Waals surface area (Å²) in [6.45, 7) is 2.10. The molecule has 19 heavy (non-hydrogen) atoms. The fourth-order valence-electron chi connectivity index (χ4n) is 1.34. The van der Waals surface area contributed by atoms with Gasteiger partial charge in [-0.25, -0.2) is 13.6 Å². The molecular formula is C10H13N3O5S. The Morgan fingerprint density at radius 1 is 1.42 bits per heavy atom. The molecule has 0 aliphatic carbocycles. The Bertz CT molecular complexity index is 626. The lowest BCUT2D eigenvalue weighted by Crippen LogP contribution is -2.26. The van der Waals surface area contributed by atoms with Crippen molar-refractivity contribution in [3.05, 3.63) is 33.9 Å². The molecule has 0 aliphatic rings. The molecule has 2 N–H and O–H groups in total. The van der Waals surface area contributed by atoms with Crippen LogP contribution in [0.25, 0.3) is 0 Å². The number of hydrogen-bond donors (Lipinski definition) is 1. The van der Waals surface area contributed by atoms with E-state index >= 15 is 0 Å². The fraction of sp³-hybridized carbons (Fsp3) is 0.300. The zero-order valence-electron chi connectivity index (χ0n) is 10.4. The zero-order chi connectivity index (χ0) is 14.8. The summed E-state index contributed by atoms with van der Waals surface area (Å²) in [5, 5.41) is 15.7. The first kappa shape index (κ1) is 15.1. The van der Waals surface area contributed by atoms with E-state index in [4.69, 9.17) is 5.14 Å². The van der Waals surface area contributed by atoms with Gasteiger partial charge in [-0.2, -0.15) is 0 Å². The van der Waals surface area contributed by atoms with E-state index in [0.29, 0.717) is 6.54 Å². The molecule has 0 bridgehead atoms. The first-order chi connectivity index (χ1) is 8.66. The average molecular weight is 287 g/mol. The van der Waals surface area contributed by atoms with Crippen LogP contribution in [0, 0.1) is 10.1 Å². The molecule has 0 heterocycles. The number of carbonyl (C=O) groups is 1. The molecule has 1 aromatic rings. The van der Waals surface area contributed by atoms with E-state index < -0.39 is 31.4 Å². The van der Waals surface area contributed by atoms with Crippen LogP contribution in [0.15, 0.2) is 23.1 Å². The van der Waals surface area contributed by atoms with E-state index in [2.05, 4.69) is 0 Å². The van der Waals surface area contributed by atoms with Gasteiger partial charge >= 0.3 is 0 Å². The Kier molecular flexibility index (Phi) is 4.22. The number of rotatable bonds is 4. The van der Waals surface area contributed by atoms with Crippen LogP contribution in [-0.2, 0) is 10.0 Å². The first-order valence-corrected chi connectivity index (χ1v) is 6.79. The van der Waals surface area contributed by atoms with Crippen molar-refractivity contribution < 1.29 is 18.1 Å². The number of primary sulfonamides is 1. The zero-order valence-corrected chi connectivity index (χ0v) is 11.2. The van der Waals surface area contributed by atoms with Crippen LogP contribution in [0.1, 0.15) is 17.3 Å². The Morgan fingerprint density at radius 3 is 2.42 bits per heavy atom. The standard InChI is InChI=1S/C10H13N3O5S/c1-3-12(2)10(14)7-4-8(13(15)16)6-9(5-7)19(11,17)18/h4-6H,3H2,1-2H3,(H2,11,17,18). The molecule has 0 saturated heterocycles. The largest absolute Gasteiger partial charge is 0.342 e. The summed E-state index contributed by atoms with van der Waals surface area (Å²) in [6, 6.07) is 2.86. The van der Waals surface area contributed by atoms with Gasteiger partial charge in [-0.1, -0.05) is 0 Å². The van der Waals surface area contributed by atoms with E-state index in [-0.39, 0.29) is 5.56 Å². The molecule has 104 valence electrons. The van der Waals surface area contributed by atoms with Crippen molar-refractivity contribution in [2.45, 2.75) is 11.8 Å². The van der Waals surface area contributed by atoms with Crippen molar-refractivity contribution in [2.24, 2.45) is 5.14 Å². The van der Waals surface area contributed by atoms with Gasteiger partial charge in [0.25, 0.3) is 11.6 Å². The average Bonchev–Trinajstić information content (AvgIpc) is 2.35. The number of carbonyl (C=O) groups excluding carboxylic acids is 1. The van der Waals surface area contributed by atoms with Crippen LogP contribution >= 0.6 is 0 Å². The van der Waals surface area contributed by atoms with Crippen molar-refractivity contribution >= 4 is 21.6 Å². The van der Waals surface area contributed by atoms with Gasteiger partial charge in [0.05, 0.1) is 9.82 Å². The molecule has 9 heteroatoms. The monoisotopic (exact) mass is 287 g/mol. The molecular weight excluding hydrogens is 274 g/mol. The van der Waals surface area contributed by atoms with E-state index in [1.54, 1.807) is 6.92 Å². The third-order valence-corrected chi connectivity index (χ3v) is 3.39. The van der Waals surface area contributed by atoms with Gasteiger partial charge in [-0.3, -0.25) is 14.9 Å². The highest BCUT2D eigenvalue weighted by molar-refractivity contribution is 7.89. The van der Waals surface area contributed by atoms with Crippen molar-refractivity contribution in [1.82, 2.24) is 4.90 Å². The summed E-state index contributed by atoms with van der Waals surface area (Å²) in [7, 11) is -2.62. The number of non-ortho nitro benzene ring substituents is 1. The number of hydrogen-bond acceptors (Lipinski definition) is 5. The molecule has 1 rings (SSSR count). The second kappa shape index (κ2) is 5.33. The highest BCUT2D eigenvalue weighted by Gasteiger charge is 2.20. The first-order valence-electron chi connectivity index (χ1n) is 5.24. The van der Waals surface area contributed by atoms with Crippen LogP contribution in [0.2, 0.25) is 0 Å². The molecule has 0 unspecified atom stereocenters. The fourth-order valence-corrected chi connectivity index (χ4v) is 1.92. The molecule has 0 fully saturated rings. The Hall–Kier alpha value is -2.00. The summed E-state index contributed by atoms with van der Waals surface area (Å²) in [5.41, 5.74) is -0.595. The minimum absolute atomic E-state index is 0.0948. The molecule has 1 amide bonds. The van der Waals surface area contributed by atoms with E-state index in [0.717, 1.165) is 18.2 Å². The number of benzene rings is 1.